The highest BCUT2D eigenvalue weighted by atomic mass is 32.2. The molecule has 0 aromatic heterocycles. The van der Waals surface area contributed by atoms with Crippen LogP contribution < -0.4 is 5.73 Å². The third kappa shape index (κ3) is 3.72. The predicted molar refractivity (Wildman–Crippen MR) is 81.7 cm³/mol. The van der Waals surface area contributed by atoms with Gasteiger partial charge >= 0.3 is 0 Å². The van der Waals surface area contributed by atoms with Crippen molar-refractivity contribution < 1.29 is 8.42 Å². The van der Waals surface area contributed by atoms with Crippen LogP contribution in [0.4, 0.5) is 0 Å². The van der Waals surface area contributed by atoms with Crippen molar-refractivity contribution in [2.45, 2.75) is 30.8 Å². The molecule has 1 atom stereocenters. The summed E-state index contributed by atoms with van der Waals surface area (Å²) in [4.78, 5) is 0.319. The van der Waals surface area contributed by atoms with Crippen LogP contribution in [0.25, 0.3) is 0 Å². The van der Waals surface area contributed by atoms with Crippen LogP contribution in [0, 0.1) is 0 Å². The largest absolute Gasteiger partial charge is 0.326 e. The number of rotatable bonds is 7. The molecule has 108 valence electrons. The van der Waals surface area contributed by atoms with Gasteiger partial charge in [0.25, 0.3) is 0 Å². The Bertz CT molecular complexity index is 503. The molecule has 0 heterocycles. The third-order valence-corrected chi connectivity index (χ3v) is 5.92. The van der Waals surface area contributed by atoms with Gasteiger partial charge < -0.3 is 5.73 Å². The molecule has 0 bridgehead atoms. The van der Waals surface area contributed by atoms with E-state index >= 15 is 0 Å². The fourth-order valence-corrected chi connectivity index (χ4v) is 4.55. The smallest absolute Gasteiger partial charge is 0.243 e. The molecule has 0 radical (unpaired) electrons. The molecule has 0 saturated carbocycles. The van der Waals surface area contributed by atoms with Gasteiger partial charge in [-0.1, -0.05) is 25.1 Å². The second-order valence-corrected chi connectivity index (χ2v) is 7.23. The molecule has 1 unspecified atom stereocenters. The van der Waals surface area contributed by atoms with Crippen molar-refractivity contribution in [3.8, 4) is 0 Å². The zero-order valence-corrected chi connectivity index (χ0v) is 13.3. The van der Waals surface area contributed by atoms with E-state index in [1.165, 1.54) is 4.31 Å². The summed E-state index contributed by atoms with van der Waals surface area (Å²) in [6, 6.07) is 6.93. The van der Waals surface area contributed by atoms with E-state index in [0.717, 1.165) is 12.2 Å². The van der Waals surface area contributed by atoms with Gasteiger partial charge in [0.05, 0.1) is 4.90 Å². The molecular formula is C13H22N2O2S2. The predicted octanol–water partition coefficient (Wildman–Crippen LogP) is 1.91. The summed E-state index contributed by atoms with van der Waals surface area (Å²) in [5, 5.41) is 0. The second kappa shape index (κ2) is 7.28. The van der Waals surface area contributed by atoms with Crippen molar-refractivity contribution >= 4 is 21.8 Å². The van der Waals surface area contributed by atoms with Crippen molar-refractivity contribution in [1.29, 1.82) is 0 Å². The topological polar surface area (TPSA) is 63.4 Å². The van der Waals surface area contributed by atoms with E-state index in [9.17, 15) is 8.42 Å². The summed E-state index contributed by atoms with van der Waals surface area (Å²) in [7, 11) is -1.83. The number of nitrogens with two attached hydrogens (primary N) is 1. The van der Waals surface area contributed by atoms with Crippen molar-refractivity contribution in [2.75, 3.05) is 19.1 Å². The number of hydrogen-bond donors (Lipinski definition) is 1. The normalized spacial score (nSPS) is 13.7. The maximum atomic E-state index is 12.6. The van der Waals surface area contributed by atoms with Crippen molar-refractivity contribution in [1.82, 2.24) is 4.31 Å². The van der Waals surface area contributed by atoms with E-state index in [1.807, 2.05) is 13.2 Å². The minimum absolute atomic E-state index is 0.00540. The van der Waals surface area contributed by atoms with Crippen LogP contribution in [0.15, 0.2) is 29.2 Å². The van der Waals surface area contributed by atoms with E-state index in [2.05, 4.69) is 0 Å². The maximum Gasteiger partial charge on any atom is 0.243 e. The average molecular weight is 302 g/mol. The first-order valence-electron chi connectivity index (χ1n) is 6.24. The Balaban J connectivity index is 3.15. The first-order valence-corrected chi connectivity index (χ1v) is 9.07. The molecule has 4 nitrogen and oxygen atoms in total. The number of thioether (sulfide) groups is 1. The van der Waals surface area contributed by atoms with Gasteiger partial charge in [-0.15, -0.1) is 0 Å². The Morgan fingerprint density at radius 1 is 1.37 bits per heavy atom. The van der Waals surface area contributed by atoms with Crippen LogP contribution >= 0.6 is 11.8 Å². The zero-order chi connectivity index (χ0) is 14.5. The quantitative estimate of drug-likeness (QED) is 0.835. The van der Waals surface area contributed by atoms with E-state index < -0.39 is 10.0 Å². The van der Waals surface area contributed by atoms with Crippen LogP contribution in [0.5, 0.6) is 0 Å². The summed E-state index contributed by atoms with van der Waals surface area (Å²) < 4.78 is 26.8. The monoisotopic (exact) mass is 302 g/mol. The van der Waals surface area contributed by atoms with E-state index in [1.54, 1.807) is 43.1 Å². The fourth-order valence-electron chi connectivity index (χ4n) is 1.95. The average Bonchev–Trinajstić information content (AvgIpc) is 2.43. The summed E-state index contributed by atoms with van der Waals surface area (Å²) in [6.07, 6.45) is 2.78. The molecule has 0 fully saturated rings. The molecule has 19 heavy (non-hydrogen) atoms. The standard InChI is InChI=1S/C13H22N2O2S2/c1-4-12(10-18-3)15(2)19(16,17)13-8-6-5-7-11(13)9-14/h5-8,12H,4,9-10,14H2,1-3H3. The van der Waals surface area contributed by atoms with Crippen molar-refractivity contribution in [3.63, 3.8) is 0 Å². The van der Waals surface area contributed by atoms with Gasteiger partial charge in [-0.2, -0.15) is 16.1 Å². The molecule has 1 aromatic rings. The Kier molecular flexibility index (Phi) is 6.32. The van der Waals surface area contributed by atoms with Gasteiger partial charge in [0.1, 0.15) is 0 Å². The minimum Gasteiger partial charge on any atom is -0.326 e. The first-order chi connectivity index (χ1) is 8.98. The van der Waals surface area contributed by atoms with E-state index in [4.69, 9.17) is 5.73 Å². The van der Waals surface area contributed by atoms with Crippen LogP contribution in [0.2, 0.25) is 0 Å². The molecule has 0 saturated heterocycles. The third-order valence-electron chi connectivity index (χ3n) is 3.19. The molecule has 0 aliphatic carbocycles. The van der Waals surface area contributed by atoms with Gasteiger partial charge in [0.2, 0.25) is 10.0 Å². The maximum absolute atomic E-state index is 12.6. The lowest BCUT2D eigenvalue weighted by molar-refractivity contribution is 0.385. The summed E-state index contributed by atoms with van der Waals surface area (Å²) >= 11 is 1.65. The highest BCUT2D eigenvalue weighted by Gasteiger charge is 2.28. The van der Waals surface area contributed by atoms with E-state index in [-0.39, 0.29) is 12.6 Å². The summed E-state index contributed by atoms with van der Waals surface area (Å²) in [6.45, 7) is 2.23. The van der Waals surface area contributed by atoms with Crippen LogP contribution in [-0.2, 0) is 16.6 Å². The Morgan fingerprint density at radius 2 is 2.00 bits per heavy atom. The lowest BCUT2D eigenvalue weighted by atomic mass is 10.2. The number of sulfonamides is 1. The molecule has 0 aliphatic heterocycles. The SMILES string of the molecule is CCC(CSC)N(C)S(=O)(=O)c1ccccc1CN. The molecule has 1 rings (SSSR count). The zero-order valence-electron chi connectivity index (χ0n) is 11.7. The van der Waals surface area contributed by atoms with Crippen molar-refractivity contribution in [2.24, 2.45) is 5.73 Å². The molecule has 6 heteroatoms. The van der Waals surface area contributed by atoms with Crippen LogP contribution in [0.3, 0.4) is 0 Å². The number of nitrogens with zero attached hydrogens (tertiary/aromatic N) is 1. The first kappa shape index (κ1) is 16.5. The fraction of sp³-hybridized carbons (Fsp3) is 0.538. The summed E-state index contributed by atoms with van der Waals surface area (Å²) in [5.41, 5.74) is 6.29. The molecule has 1 aromatic carbocycles. The number of benzene rings is 1. The van der Waals surface area contributed by atoms with Crippen LogP contribution in [0.1, 0.15) is 18.9 Å². The Hall–Kier alpha value is -0.560. The second-order valence-electron chi connectivity index (χ2n) is 4.35. The van der Waals surface area contributed by atoms with Crippen molar-refractivity contribution in [3.05, 3.63) is 29.8 Å². The molecule has 0 spiro atoms. The Labute approximate surface area is 120 Å². The summed E-state index contributed by atoms with van der Waals surface area (Å²) in [5.74, 6) is 0.789. The van der Waals surface area contributed by atoms with Gasteiger partial charge in [-0.3, -0.25) is 0 Å². The van der Waals surface area contributed by atoms with Gasteiger partial charge in [0.15, 0.2) is 0 Å². The Morgan fingerprint density at radius 3 is 2.53 bits per heavy atom. The lowest BCUT2D eigenvalue weighted by Gasteiger charge is -2.26. The minimum atomic E-state index is -3.48. The number of hydrogen-bond acceptors (Lipinski definition) is 4. The molecular weight excluding hydrogens is 280 g/mol. The van der Waals surface area contributed by atoms with E-state index in [0.29, 0.717) is 10.5 Å². The molecule has 0 amide bonds. The highest BCUT2D eigenvalue weighted by molar-refractivity contribution is 7.98. The van der Waals surface area contributed by atoms with Crippen LogP contribution in [-0.4, -0.2) is 37.8 Å². The van der Waals surface area contributed by atoms with Gasteiger partial charge in [-0.05, 0) is 24.3 Å². The van der Waals surface area contributed by atoms with Gasteiger partial charge in [0, 0.05) is 25.4 Å². The molecule has 2 N–H and O–H groups in total. The lowest BCUT2D eigenvalue weighted by Crippen LogP contribution is -2.38. The van der Waals surface area contributed by atoms with Gasteiger partial charge in [-0.25, -0.2) is 8.42 Å². The molecule has 0 aliphatic rings. The highest BCUT2D eigenvalue weighted by Crippen LogP contribution is 2.22.